The number of phosphoric acid groups is 1. The van der Waals surface area contributed by atoms with E-state index >= 15 is 0 Å². The Hall–Kier alpha value is -3.11. The Kier molecular flexibility index (Phi) is 8.82. The van der Waals surface area contributed by atoms with E-state index < -0.39 is 7.82 Å². The van der Waals surface area contributed by atoms with Crippen LogP contribution in [-0.2, 0) is 20.0 Å². The zero-order chi connectivity index (χ0) is 25.4. The first-order chi connectivity index (χ1) is 17.5. The smallest absolute Gasteiger partial charge is 0.356 e. The van der Waals surface area contributed by atoms with E-state index in [9.17, 15) is 9.46 Å². The third kappa shape index (κ3) is 6.76. The summed E-state index contributed by atoms with van der Waals surface area (Å²) in [6.07, 6.45) is 8.83. The molecule has 0 amide bonds. The fraction of sp³-hybridized carbons (Fsp3) is 0.280. The summed E-state index contributed by atoms with van der Waals surface area (Å²) in [6.45, 7) is 1.20. The van der Waals surface area contributed by atoms with Crippen molar-refractivity contribution in [3.63, 3.8) is 0 Å². The Bertz CT molecular complexity index is 1230. The molecule has 11 heteroatoms. The number of pyridine rings is 1. The van der Waals surface area contributed by atoms with Crippen LogP contribution in [0.2, 0.25) is 0 Å². The molecule has 0 saturated carbocycles. The summed E-state index contributed by atoms with van der Waals surface area (Å²) in [6, 6.07) is 16.9. The highest BCUT2D eigenvalue weighted by Gasteiger charge is 2.30. The van der Waals surface area contributed by atoms with Crippen LogP contribution in [0.4, 0.5) is 5.82 Å². The number of quaternary nitrogens is 1. The molecule has 4 rings (SSSR count). The van der Waals surface area contributed by atoms with Crippen LogP contribution in [-0.4, -0.2) is 42.0 Å². The average molecular weight is 513 g/mol. The van der Waals surface area contributed by atoms with E-state index in [1.54, 1.807) is 23.7 Å². The second kappa shape index (κ2) is 12.2. The van der Waals surface area contributed by atoms with E-state index in [0.29, 0.717) is 18.2 Å². The predicted molar refractivity (Wildman–Crippen MR) is 136 cm³/mol. The van der Waals surface area contributed by atoms with Gasteiger partial charge in [-0.05, 0) is 35.8 Å². The molecule has 3 heterocycles. The van der Waals surface area contributed by atoms with Crippen LogP contribution >= 0.6 is 7.82 Å². The minimum absolute atomic E-state index is 0.0616. The Morgan fingerprint density at radius 3 is 2.83 bits per heavy atom. The molecule has 0 spiro atoms. The van der Waals surface area contributed by atoms with E-state index in [4.69, 9.17) is 14.8 Å². The first-order valence-corrected chi connectivity index (χ1v) is 13.1. The number of nitrogens with two attached hydrogens (primary N) is 2. The van der Waals surface area contributed by atoms with Crippen molar-refractivity contribution in [3.05, 3.63) is 95.7 Å². The summed E-state index contributed by atoms with van der Waals surface area (Å²) in [7, 11) is -2.86. The maximum Gasteiger partial charge on any atom is 0.476 e. The van der Waals surface area contributed by atoms with Crippen molar-refractivity contribution < 1.29 is 28.3 Å². The SMILES string of the molecule is COP(=O)(O)OC[NH2+]/C=C\C=C(/CN)c1cc(Cc2ccc(N3CCC3c3ccccc3)nc2)no1. The normalized spacial score (nSPS) is 17.8. The van der Waals surface area contributed by atoms with Crippen LogP contribution < -0.4 is 16.0 Å². The molecule has 2 unspecified atom stereocenters. The molecule has 0 bridgehead atoms. The molecule has 10 nitrogen and oxygen atoms in total. The van der Waals surface area contributed by atoms with Crippen molar-refractivity contribution in [3.8, 4) is 0 Å². The number of nitrogens with zero attached hydrogens (tertiary/aromatic N) is 3. The lowest BCUT2D eigenvalue weighted by Crippen LogP contribution is -2.78. The molecule has 0 radical (unpaired) electrons. The molecule has 2 atom stereocenters. The van der Waals surface area contributed by atoms with Gasteiger partial charge in [0.1, 0.15) is 5.82 Å². The summed E-state index contributed by atoms with van der Waals surface area (Å²) in [5.74, 6) is 1.56. The summed E-state index contributed by atoms with van der Waals surface area (Å²) >= 11 is 0. The molecule has 1 fully saturated rings. The van der Waals surface area contributed by atoms with Gasteiger partial charge in [0.2, 0.25) is 0 Å². The number of anilines is 1. The van der Waals surface area contributed by atoms with Gasteiger partial charge in [0.25, 0.3) is 0 Å². The highest BCUT2D eigenvalue weighted by molar-refractivity contribution is 7.47. The van der Waals surface area contributed by atoms with Crippen LogP contribution in [0.1, 0.15) is 35.0 Å². The molecule has 3 aromatic rings. The lowest BCUT2D eigenvalue weighted by molar-refractivity contribution is -0.617. The lowest BCUT2D eigenvalue weighted by Gasteiger charge is -2.42. The van der Waals surface area contributed by atoms with Gasteiger partial charge in [-0.3, -0.25) is 9.84 Å². The molecule has 1 aliphatic heterocycles. The number of allylic oxidation sites excluding steroid dienone is 2. The predicted octanol–water partition coefficient (Wildman–Crippen LogP) is 2.75. The van der Waals surface area contributed by atoms with Gasteiger partial charge in [-0.25, -0.2) is 14.1 Å². The van der Waals surface area contributed by atoms with Gasteiger partial charge in [0, 0.05) is 44.5 Å². The first kappa shape index (κ1) is 26.0. The highest BCUT2D eigenvalue weighted by atomic mass is 31.2. The maximum absolute atomic E-state index is 11.2. The van der Waals surface area contributed by atoms with E-state index in [-0.39, 0.29) is 13.3 Å². The Balaban J connectivity index is 1.31. The van der Waals surface area contributed by atoms with Gasteiger partial charge < -0.3 is 20.1 Å². The number of hydrogen-bond acceptors (Lipinski definition) is 8. The third-order valence-corrected chi connectivity index (χ3v) is 6.83. The quantitative estimate of drug-likeness (QED) is 0.145. The van der Waals surface area contributed by atoms with Gasteiger partial charge in [-0.15, -0.1) is 0 Å². The molecule has 190 valence electrons. The third-order valence-electron chi connectivity index (χ3n) is 5.90. The number of aromatic nitrogens is 2. The second-order valence-corrected chi connectivity index (χ2v) is 9.82. The average Bonchev–Trinajstić information content (AvgIpc) is 3.33. The molecule has 36 heavy (non-hydrogen) atoms. The minimum atomic E-state index is -3.97. The summed E-state index contributed by atoms with van der Waals surface area (Å²) < 4.78 is 25.8. The number of benzene rings is 1. The van der Waals surface area contributed by atoms with Crippen molar-refractivity contribution in [2.24, 2.45) is 5.73 Å². The monoisotopic (exact) mass is 512 g/mol. The molecule has 0 aliphatic carbocycles. The molecular weight excluding hydrogens is 481 g/mol. The molecule has 1 saturated heterocycles. The van der Waals surface area contributed by atoms with Crippen LogP contribution in [0, 0.1) is 0 Å². The summed E-state index contributed by atoms with van der Waals surface area (Å²) in [5, 5.41) is 5.76. The lowest BCUT2D eigenvalue weighted by atomic mass is 9.95. The van der Waals surface area contributed by atoms with Crippen LogP contribution in [0.15, 0.2) is 77.6 Å². The van der Waals surface area contributed by atoms with Gasteiger partial charge in [-0.2, -0.15) is 0 Å². The standard InChI is InChI=1S/C25H30N5O5P/c1-33-36(31,32)34-18-27-12-5-8-21(16-26)24-15-22(29-35-24)14-19-9-10-25(28-17-19)30-13-11-23(30)20-6-3-2-4-7-20/h2-10,12,15,17,23,27H,11,13-14,16,18,26H2,1H3,(H,31,32)/p+1/b12-5-,21-8+. The Labute approximate surface area is 210 Å². The van der Waals surface area contributed by atoms with Crippen molar-refractivity contribution in [1.82, 2.24) is 10.1 Å². The van der Waals surface area contributed by atoms with Gasteiger partial charge in [0.15, 0.2) is 12.5 Å². The minimum Gasteiger partial charge on any atom is -0.356 e. The molecule has 5 N–H and O–H groups in total. The molecule has 2 aromatic heterocycles. The number of hydrogen-bond donors (Lipinski definition) is 3. The van der Waals surface area contributed by atoms with Crippen LogP contribution in [0.3, 0.4) is 0 Å². The first-order valence-electron chi connectivity index (χ1n) is 11.6. The van der Waals surface area contributed by atoms with E-state index in [2.05, 4.69) is 56.0 Å². The number of phosphoric ester groups is 1. The zero-order valence-corrected chi connectivity index (χ0v) is 21.0. The highest BCUT2D eigenvalue weighted by Crippen LogP contribution is 2.41. The fourth-order valence-electron chi connectivity index (χ4n) is 3.88. The van der Waals surface area contributed by atoms with Gasteiger partial charge in [-0.1, -0.05) is 41.6 Å². The zero-order valence-electron chi connectivity index (χ0n) is 20.1. The largest absolute Gasteiger partial charge is 0.476 e. The van der Waals surface area contributed by atoms with E-state index in [1.165, 1.54) is 5.56 Å². The topological polar surface area (TPSA) is 141 Å². The van der Waals surface area contributed by atoms with Crippen molar-refractivity contribution in [2.75, 3.05) is 31.8 Å². The Morgan fingerprint density at radius 2 is 2.17 bits per heavy atom. The fourth-order valence-corrected chi connectivity index (χ4v) is 4.26. The van der Waals surface area contributed by atoms with Gasteiger partial charge in [0.05, 0.1) is 17.9 Å². The van der Waals surface area contributed by atoms with Crippen molar-refractivity contribution in [2.45, 2.75) is 18.9 Å². The summed E-state index contributed by atoms with van der Waals surface area (Å²) in [4.78, 5) is 16.2. The van der Waals surface area contributed by atoms with Gasteiger partial charge >= 0.3 is 7.82 Å². The molecule has 1 aliphatic rings. The van der Waals surface area contributed by atoms with E-state index in [1.807, 2.05) is 18.3 Å². The van der Waals surface area contributed by atoms with E-state index in [0.717, 1.165) is 42.7 Å². The second-order valence-electron chi connectivity index (χ2n) is 8.26. The molecule has 1 aromatic carbocycles. The molecular formula is C25H31N5O5P+. The van der Waals surface area contributed by atoms with Crippen LogP contribution in [0.5, 0.6) is 0 Å². The Morgan fingerprint density at radius 1 is 1.33 bits per heavy atom. The number of rotatable bonds is 12. The summed E-state index contributed by atoms with van der Waals surface area (Å²) in [5.41, 5.74) is 9.78. The van der Waals surface area contributed by atoms with Crippen molar-refractivity contribution in [1.29, 1.82) is 0 Å². The van der Waals surface area contributed by atoms with Crippen molar-refractivity contribution >= 4 is 19.2 Å². The maximum atomic E-state index is 11.2. The van der Waals surface area contributed by atoms with Crippen LogP contribution in [0.25, 0.3) is 5.57 Å².